The molecule has 6 rings (SSSR count). The standard InChI is InChI=1S/C26H25FN8O2/c1-14(2)31-24(36)22-6-4-17(10-28-22)32-25-29-11-20(27)23(34-25)15-3-5-21-16(7-15)9-30-26(33-21)35-12-19-8-18(35)13-37-19/h3-7,9-11,14,18-19H,8,12-13H2,1-2H3,(H,31,36)(H,29,32,34)/t18-,19?/m0/s1. The van der Waals surface area contributed by atoms with Gasteiger partial charge in [-0.1, -0.05) is 6.07 Å². The molecule has 3 aromatic heterocycles. The van der Waals surface area contributed by atoms with Gasteiger partial charge >= 0.3 is 0 Å². The van der Waals surface area contributed by atoms with E-state index in [0.717, 1.165) is 30.1 Å². The van der Waals surface area contributed by atoms with Gasteiger partial charge in [0.05, 0.1) is 42.4 Å². The highest BCUT2D eigenvalue weighted by atomic mass is 19.1. The molecule has 10 nitrogen and oxygen atoms in total. The predicted molar refractivity (Wildman–Crippen MR) is 136 cm³/mol. The largest absolute Gasteiger partial charge is 0.374 e. The van der Waals surface area contributed by atoms with Crippen LogP contribution in [0, 0.1) is 5.82 Å². The zero-order chi connectivity index (χ0) is 25.5. The van der Waals surface area contributed by atoms with Crippen molar-refractivity contribution in [1.82, 2.24) is 30.2 Å². The van der Waals surface area contributed by atoms with Gasteiger partial charge in [0.15, 0.2) is 5.82 Å². The third kappa shape index (κ3) is 4.65. The van der Waals surface area contributed by atoms with Crippen LogP contribution in [0.4, 0.5) is 22.0 Å². The topological polar surface area (TPSA) is 118 Å². The Labute approximate surface area is 212 Å². The summed E-state index contributed by atoms with van der Waals surface area (Å²) in [6.45, 7) is 5.27. The van der Waals surface area contributed by atoms with Gasteiger partial charge in [-0.2, -0.15) is 0 Å². The van der Waals surface area contributed by atoms with Crippen molar-refractivity contribution in [3.8, 4) is 11.3 Å². The van der Waals surface area contributed by atoms with Crippen molar-refractivity contribution in [1.29, 1.82) is 0 Å². The Kier molecular flexibility index (Phi) is 5.84. The number of nitrogens with one attached hydrogen (secondary N) is 2. The second-order valence-corrected chi connectivity index (χ2v) is 9.52. The van der Waals surface area contributed by atoms with E-state index in [1.54, 1.807) is 24.4 Å². The molecule has 4 aromatic rings. The number of ether oxygens (including phenoxy) is 1. The fourth-order valence-electron chi connectivity index (χ4n) is 4.65. The predicted octanol–water partition coefficient (Wildman–Crippen LogP) is 3.48. The van der Waals surface area contributed by atoms with Crippen molar-refractivity contribution in [2.45, 2.75) is 38.5 Å². The second-order valence-electron chi connectivity index (χ2n) is 9.52. The summed E-state index contributed by atoms with van der Waals surface area (Å²) in [5.41, 5.74) is 2.38. The Morgan fingerprint density at radius 1 is 1.11 bits per heavy atom. The highest BCUT2D eigenvalue weighted by Crippen LogP contribution is 2.32. The number of carbonyl (C=O) groups is 1. The summed E-state index contributed by atoms with van der Waals surface area (Å²) < 4.78 is 20.4. The minimum Gasteiger partial charge on any atom is -0.374 e. The maximum Gasteiger partial charge on any atom is 0.270 e. The maximum absolute atomic E-state index is 14.7. The summed E-state index contributed by atoms with van der Waals surface area (Å²) in [5.74, 6) is 0.0953. The number of anilines is 3. The Bertz CT molecular complexity index is 1480. The summed E-state index contributed by atoms with van der Waals surface area (Å²) in [4.78, 5) is 36.2. The van der Waals surface area contributed by atoms with Crippen LogP contribution in [0.3, 0.4) is 0 Å². The molecule has 11 heteroatoms. The second kappa shape index (κ2) is 9.32. The molecule has 0 spiro atoms. The quantitative estimate of drug-likeness (QED) is 0.410. The molecule has 2 aliphatic rings. The molecule has 1 amide bonds. The van der Waals surface area contributed by atoms with Crippen LogP contribution in [0.2, 0.25) is 0 Å². The lowest BCUT2D eigenvalue weighted by Gasteiger charge is -2.26. The number of pyridine rings is 1. The van der Waals surface area contributed by atoms with Gasteiger partial charge in [0.25, 0.3) is 5.91 Å². The van der Waals surface area contributed by atoms with Crippen molar-refractivity contribution in [3.63, 3.8) is 0 Å². The van der Waals surface area contributed by atoms with Crippen molar-refractivity contribution < 1.29 is 13.9 Å². The molecule has 2 fully saturated rings. The molecule has 188 valence electrons. The zero-order valence-corrected chi connectivity index (χ0v) is 20.3. The molecule has 0 aliphatic carbocycles. The number of nitrogens with zero attached hydrogens (tertiary/aromatic N) is 6. The van der Waals surface area contributed by atoms with Crippen LogP contribution in [0.25, 0.3) is 22.2 Å². The van der Waals surface area contributed by atoms with Gasteiger partial charge in [0.1, 0.15) is 11.4 Å². The van der Waals surface area contributed by atoms with E-state index in [1.807, 2.05) is 26.0 Å². The monoisotopic (exact) mass is 500 g/mol. The van der Waals surface area contributed by atoms with Gasteiger partial charge in [0, 0.05) is 29.7 Å². The van der Waals surface area contributed by atoms with Gasteiger partial charge in [-0.3, -0.25) is 4.79 Å². The molecular formula is C26H25FN8O2. The first-order chi connectivity index (χ1) is 17.9. The number of amides is 1. The molecule has 0 saturated carbocycles. The van der Waals surface area contributed by atoms with Gasteiger partial charge in [-0.25, -0.2) is 29.3 Å². The normalized spacial score (nSPS) is 18.5. The van der Waals surface area contributed by atoms with E-state index in [2.05, 4.69) is 35.5 Å². The van der Waals surface area contributed by atoms with E-state index in [-0.39, 0.29) is 29.7 Å². The Hall–Kier alpha value is -4.25. The average Bonchev–Trinajstić information content (AvgIpc) is 3.53. The van der Waals surface area contributed by atoms with Crippen LogP contribution in [0.15, 0.2) is 48.9 Å². The molecule has 1 aromatic carbocycles. The van der Waals surface area contributed by atoms with Crippen LogP contribution in [-0.4, -0.2) is 62.2 Å². The van der Waals surface area contributed by atoms with E-state index in [0.29, 0.717) is 35.5 Å². The molecule has 2 N–H and O–H groups in total. The van der Waals surface area contributed by atoms with Gasteiger partial charge in [-0.05, 0) is 44.5 Å². The van der Waals surface area contributed by atoms with E-state index in [4.69, 9.17) is 9.72 Å². The Morgan fingerprint density at radius 2 is 2.00 bits per heavy atom. The number of carbonyl (C=O) groups excluding carboxylic acids is 1. The van der Waals surface area contributed by atoms with E-state index in [9.17, 15) is 9.18 Å². The number of hydrogen-bond donors (Lipinski definition) is 2. The number of aromatic nitrogens is 5. The van der Waals surface area contributed by atoms with Crippen LogP contribution in [-0.2, 0) is 4.74 Å². The number of hydrogen-bond acceptors (Lipinski definition) is 9. The summed E-state index contributed by atoms with van der Waals surface area (Å²) in [6, 6.07) is 9.08. The molecule has 1 unspecified atom stereocenters. The zero-order valence-electron chi connectivity index (χ0n) is 20.3. The third-order valence-corrected chi connectivity index (χ3v) is 6.41. The van der Waals surface area contributed by atoms with Gasteiger partial charge in [0.2, 0.25) is 11.9 Å². The maximum atomic E-state index is 14.7. The lowest BCUT2D eigenvalue weighted by molar-refractivity contribution is 0.0938. The first-order valence-electron chi connectivity index (χ1n) is 12.1. The summed E-state index contributed by atoms with van der Waals surface area (Å²) >= 11 is 0. The van der Waals surface area contributed by atoms with E-state index < -0.39 is 5.82 Å². The molecule has 2 atom stereocenters. The highest BCUT2D eigenvalue weighted by Gasteiger charge is 2.40. The SMILES string of the molecule is CC(C)NC(=O)c1ccc(Nc2ncc(F)c(-c3ccc4nc(N5CC6C[C@H]5CO6)ncc4c3)n2)cn1. The molecule has 2 saturated heterocycles. The fourth-order valence-corrected chi connectivity index (χ4v) is 4.65. The van der Waals surface area contributed by atoms with E-state index in [1.165, 1.54) is 6.20 Å². The Balaban J connectivity index is 1.22. The summed E-state index contributed by atoms with van der Waals surface area (Å²) in [7, 11) is 0. The highest BCUT2D eigenvalue weighted by molar-refractivity contribution is 5.92. The number of halogens is 1. The number of benzene rings is 1. The lowest BCUT2D eigenvalue weighted by Crippen LogP contribution is -2.38. The molecule has 2 bridgehead atoms. The van der Waals surface area contributed by atoms with Gasteiger partial charge in [-0.15, -0.1) is 0 Å². The number of rotatable bonds is 6. The molecule has 0 radical (unpaired) electrons. The average molecular weight is 501 g/mol. The van der Waals surface area contributed by atoms with Crippen molar-refractivity contribution >= 4 is 34.4 Å². The fraction of sp³-hybridized carbons (Fsp3) is 0.308. The number of morpholine rings is 1. The molecular weight excluding hydrogens is 475 g/mol. The minimum atomic E-state index is -0.547. The van der Waals surface area contributed by atoms with E-state index >= 15 is 0 Å². The van der Waals surface area contributed by atoms with Gasteiger partial charge < -0.3 is 20.3 Å². The minimum absolute atomic E-state index is 0.0112. The van der Waals surface area contributed by atoms with Crippen LogP contribution >= 0.6 is 0 Å². The summed E-state index contributed by atoms with van der Waals surface area (Å²) in [5, 5.41) is 6.59. The lowest BCUT2D eigenvalue weighted by atomic mass is 10.1. The smallest absolute Gasteiger partial charge is 0.270 e. The molecule has 2 aliphatic heterocycles. The van der Waals surface area contributed by atoms with Crippen LogP contribution < -0.4 is 15.5 Å². The summed E-state index contributed by atoms with van der Waals surface area (Å²) in [6.07, 6.45) is 5.65. The number of fused-ring (bicyclic) bond motifs is 3. The van der Waals surface area contributed by atoms with Crippen molar-refractivity contribution in [2.75, 3.05) is 23.4 Å². The van der Waals surface area contributed by atoms with Crippen LogP contribution in [0.5, 0.6) is 0 Å². The van der Waals surface area contributed by atoms with Crippen molar-refractivity contribution in [2.24, 2.45) is 0 Å². The van der Waals surface area contributed by atoms with Crippen molar-refractivity contribution in [3.05, 3.63) is 60.4 Å². The Morgan fingerprint density at radius 3 is 2.73 bits per heavy atom. The first kappa shape index (κ1) is 23.2. The van der Waals surface area contributed by atoms with Crippen LogP contribution in [0.1, 0.15) is 30.8 Å². The third-order valence-electron chi connectivity index (χ3n) is 6.41. The first-order valence-corrected chi connectivity index (χ1v) is 12.1. The molecule has 5 heterocycles. The molecule has 37 heavy (non-hydrogen) atoms.